The number of halogens is 2. The lowest BCUT2D eigenvalue weighted by Crippen LogP contribution is -2.43. The largest absolute Gasteiger partial charge is 0.329 e. The topological polar surface area (TPSA) is 29.3 Å². The molecule has 1 saturated heterocycles. The lowest BCUT2D eigenvalue weighted by atomic mass is 10.0. The van der Waals surface area contributed by atoms with Gasteiger partial charge in [-0.3, -0.25) is 4.90 Å². The van der Waals surface area contributed by atoms with Crippen LogP contribution in [0.2, 0.25) is 10.0 Å². The number of piperidine rings is 1. The van der Waals surface area contributed by atoms with Gasteiger partial charge in [0.1, 0.15) is 0 Å². The predicted molar refractivity (Wildman–Crippen MR) is 73.6 cm³/mol. The van der Waals surface area contributed by atoms with Crippen LogP contribution in [0, 0.1) is 0 Å². The van der Waals surface area contributed by atoms with Crippen molar-refractivity contribution in [1.82, 2.24) is 4.90 Å². The van der Waals surface area contributed by atoms with Crippen LogP contribution in [0.3, 0.4) is 0 Å². The molecule has 0 bridgehead atoms. The van der Waals surface area contributed by atoms with Crippen LogP contribution in [0.5, 0.6) is 0 Å². The van der Waals surface area contributed by atoms with Gasteiger partial charge in [0.05, 0.1) is 10.0 Å². The molecule has 0 saturated carbocycles. The first kappa shape index (κ1) is 13.2. The summed E-state index contributed by atoms with van der Waals surface area (Å²) in [5.74, 6) is 0. The highest BCUT2D eigenvalue weighted by Gasteiger charge is 2.20. The van der Waals surface area contributed by atoms with Crippen LogP contribution in [0.1, 0.15) is 24.8 Å². The first-order chi connectivity index (χ1) is 8.20. The van der Waals surface area contributed by atoms with Gasteiger partial charge in [0.25, 0.3) is 0 Å². The van der Waals surface area contributed by atoms with Gasteiger partial charge in [-0.1, -0.05) is 35.7 Å². The maximum atomic E-state index is 6.03. The normalized spacial score (nSPS) is 21.7. The van der Waals surface area contributed by atoms with Crippen LogP contribution in [0.4, 0.5) is 0 Å². The average molecular weight is 273 g/mol. The van der Waals surface area contributed by atoms with E-state index in [-0.39, 0.29) is 0 Å². The molecule has 1 aliphatic rings. The first-order valence-electron chi connectivity index (χ1n) is 6.08. The van der Waals surface area contributed by atoms with E-state index >= 15 is 0 Å². The van der Waals surface area contributed by atoms with Crippen LogP contribution in [-0.4, -0.2) is 24.0 Å². The summed E-state index contributed by atoms with van der Waals surface area (Å²) in [4.78, 5) is 2.45. The summed E-state index contributed by atoms with van der Waals surface area (Å²) in [6.07, 6.45) is 3.76. The van der Waals surface area contributed by atoms with E-state index in [0.717, 1.165) is 19.6 Å². The summed E-state index contributed by atoms with van der Waals surface area (Å²) in [5, 5.41) is 1.25. The van der Waals surface area contributed by atoms with Gasteiger partial charge in [0.15, 0.2) is 0 Å². The Kier molecular flexibility index (Phi) is 4.69. The van der Waals surface area contributed by atoms with Crippen molar-refractivity contribution >= 4 is 23.2 Å². The fourth-order valence-corrected chi connectivity index (χ4v) is 2.73. The summed E-state index contributed by atoms with van der Waals surface area (Å²) in [6.45, 7) is 2.78. The molecule has 17 heavy (non-hydrogen) atoms. The van der Waals surface area contributed by atoms with E-state index in [4.69, 9.17) is 28.9 Å². The second kappa shape index (κ2) is 6.05. The molecule has 0 radical (unpaired) electrons. The molecule has 1 aliphatic heterocycles. The molecule has 2 rings (SSSR count). The number of hydrogen-bond donors (Lipinski definition) is 1. The quantitative estimate of drug-likeness (QED) is 0.915. The summed E-state index contributed by atoms with van der Waals surface area (Å²) >= 11 is 11.9. The lowest BCUT2D eigenvalue weighted by Gasteiger charge is -2.35. The van der Waals surface area contributed by atoms with Crippen molar-refractivity contribution in [3.8, 4) is 0 Å². The van der Waals surface area contributed by atoms with E-state index in [1.807, 2.05) is 18.2 Å². The Morgan fingerprint density at radius 2 is 2.06 bits per heavy atom. The van der Waals surface area contributed by atoms with Crippen molar-refractivity contribution < 1.29 is 0 Å². The maximum absolute atomic E-state index is 6.03. The molecule has 0 aliphatic carbocycles. The van der Waals surface area contributed by atoms with E-state index in [0.29, 0.717) is 16.1 Å². The molecular weight excluding hydrogens is 255 g/mol. The van der Waals surface area contributed by atoms with E-state index in [1.54, 1.807) is 0 Å². The minimum absolute atomic E-state index is 0.512. The molecular formula is C13H18Cl2N2. The number of rotatable bonds is 3. The highest BCUT2D eigenvalue weighted by Crippen LogP contribution is 2.25. The zero-order valence-electron chi connectivity index (χ0n) is 9.83. The Bertz CT molecular complexity index is 382. The molecule has 0 spiro atoms. The van der Waals surface area contributed by atoms with Gasteiger partial charge in [-0.2, -0.15) is 0 Å². The van der Waals surface area contributed by atoms with Crippen molar-refractivity contribution in [3.05, 3.63) is 33.8 Å². The van der Waals surface area contributed by atoms with E-state index in [1.165, 1.54) is 24.8 Å². The molecule has 1 aromatic carbocycles. The van der Waals surface area contributed by atoms with Crippen molar-refractivity contribution in [1.29, 1.82) is 0 Å². The molecule has 1 heterocycles. The predicted octanol–water partition coefficient (Wildman–Crippen LogP) is 3.31. The second-order valence-corrected chi connectivity index (χ2v) is 5.42. The summed E-state index contributed by atoms with van der Waals surface area (Å²) < 4.78 is 0. The number of nitrogens with two attached hydrogens (primary N) is 1. The average Bonchev–Trinajstić information content (AvgIpc) is 2.34. The summed E-state index contributed by atoms with van der Waals surface area (Å²) in [7, 11) is 0. The van der Waals surface area contributed by atoms with Crippen molar-refractivity contribution in [2.75, 3.05) is 13.1 Å². The lowest BCUT2D eigenvalue weighted by molar-refractivity contribution is 0.145. The van der Waals surface area contributed by atoms with Gasteiger partial charge in [-0.05, 0) is 37.1 Å². The minimum atomic E-state index is 0.512. The number of benzene rings is 1. The number of hydrogen-bond acceptors (Lipinski definition) is 2. The summed E-state index contributed by atoms with van der Waals surface area (Å²) in [5.41, 5.74) is 7.02. The molecule has 2 N–H and O–H groups in total. The fourth-order valence-electron chi connectivity index (χ4n) is 2.41. The smallest absolute Gasteiger partial charge is 0.0595 e. The number of likely N-dealkylation sites (tertiary alicyclic amines) is 1. The Labute approximate surface area is 113 Å². The van der Waals surface area contributed by atoms with Gasteiger partial charge in [-0.25, -0.2) is 0 Å². The van der Waals surface area contributed by atoms with Gasteiger partial charge >= 0.3 is 0 Å². The maximum Gasteiger partial charge on any atom is 0.0595 e. The standard InChI is InChI=1S/C13H18Cl2N2/c14-12-5-4-10(7-13(12)15)9-17-6-2-1-3-11(17)8-16/h4-5,7,11H,1-3,6,8-9,16H2/t11-/m0/s1. The highest BCUT2D eigenvalue weighted by molar-refractivity contribution is 6.42. The molecule has 2 nitrogen and oxygen atoms in total. The molecule has 4 heteroatoms. The summed E-state index contributed by atoms with van der Waals surface area (Å²) in [6, 6.07) is 6.36. The fraction of sp³-hybridized carbons (Fsp3) is 0.538. The molecule has 1 atom stereocenters. The van der Waals surface area contributed by atoms with Crippen LogP contribution in [-0.2, 0) is 6.54 Å². The third-order valence-electron chi connectivity index (χ3n) is 3.39. The SMILES string of the molecule is NC[C@@H]1CCCCN1Cc1ccc(Cl)c(Cl)c1. The molecule has 1 fully saturated rings. The molecule has 0 unspecified atom stereocenters. The Morgan fingerprint density at radius 1 is 1.24 bits per heavy atom. The Hall–Kier alpha value is -0.280. The molecule has 0 amide bonds. The highest BCUT2D eigenvalue weighted by atomic mass is 35.5. The van der Waals surface area contributed by atoms with Gasteiger partial charge in [0.2, 0.25) is 0 Å². The molecule has 0 aromatic heterocycles. The number of nitrogens with zero attached hydrogens (tertiary/aromatic N) is 1. The van der Waals surface area contributed by atoms with E-state index in [9.17, 15) is 0 Å². The van der Waals surface area contributed by atoms with E-state index in [2.05, 4.69) is 4.90 Å². The van der Waals surface area contributed by atoms with Crippen LogP contribution in [0.25, 0.3) is 0 Å². The zero-order valence-corrected chi connectivity index (χ0v) is 11.3. The van der Waals surface area contributed by atoms with Crippen LogP contribution >= 0.6 is 23.2 Å². The van der Waals surface area contributed by atoms with E-state index < -0.39 is 0 Å². The Morgan fingerprint density at radius 3 is 2.76 bits per heavy atom. The van der Waals surface area contributed by atoms with Gasteiger partial charge in [-0.15, -0.1) is 0 Å². The molecule has 94 valence electrons. The molecule has 1 aromatic rings. The minimum Gasteiger partial charge on any atom is -0.329 e. The van der Waals surface area contributed by atoms with Gasteiger partial charge in [0, 0.05) is 19.1 Å². The van der Waals surface area contributed by atoms with Crippen LogP contribution in [0.15, 0.2) is 18.2 Å². The van der Waals surface area contributed by atoms with Crippen LogP contribution < -0.4 is 5.73 Å². The third-order valence-corrected chi connectivity index (χ3v) is 4.13. The first-order valence-corrected chi connectivity index (χ1v) is 6.84. The van der Waals surface area contributed by atoms with Crippen molar-refractivity contribution in [2.24, 2.45) is 5.73 Å². The van der Waals surface area contributed by atoms with Gasteiger partial charge < -0.3 is 5.73 Å². The Balaban J connectivity index is 2.05. The second-order valence-electron chi connectivity index (χ2n) is 4.60. The zero-order chi connectivity index (χ0) is 12.3. The monoisotopic (exact) mass is 272 g/mol. The third kappa shape index (κ3) is 3.35. The van der Waals surface area contributed by atoms with Crippen molar-refractivity contribution in [2.45, 2.75) is 31.8 Å². The van der Waals surface area contributed by atoms with Crippen molar-refractivity contribution in [3.63, 3.8) is 0 Å².